The Labute approximate surface area is 181 Å². The molecule has 4 aromatic rings. The molecule has 9 heteroatoms. The number of hydrogen-bond donors (Lipinski definition) is 0. The van der Waals surface area contributed by atoms with Crippen molar-refractivity contribution in [2.45, 2.75) is 38.1 Å². The number of anilines is 1. The first-order chi connectivity index (χ1) is 15.0. The van der Waals surface area contributed by atoms with E-state index in [2.05, 4.69) is 34.0 Å². The van der Waals surface area contributed by atoms with Crippen LogP contribution in [-0.2, 0) is 5.54 Å². The smallest absolute Gasteiger partial charge is 0.167 e. The van der Waals surface area contributed by atoms with E-state index < -0.39 is 11.4 Å². The van der Waals surface area contributed by atoms with Gasteiger partial charge in [0.05, 0.1) is 17.3 Å². The summed E-state index contributed by atoms with van der Waals surface area (Å²) in [6.45, 7) is 4.92. The second-order valence-corrected chi connectivity index (χ2v) is 9.61. The molecule has 4 heterocycles. The molecule has 1 aromatic carbocycles. The lowest BCUT2D eigenvalue weighted by molar-refractivity contribution is 0.544. The highest BCUT2D eigenvalue weighted by Crippen LogP contribution is 2.63. The van der Waals surface area contributed by atoms with Crippen molar-refractivity contribution >= 4 is 22.8 Å². The molecular formula is C22H20F2N6S. The van der Waals surface area contributed by atoms with E-state index in [-0.39, 0.29) is 5.82 Å². The van der Waals surface area contributed by atoms with Gasteiger partial charge in [-0.1, -0.05) is 25.2 Å². The Bertz CT molecular complexity index is 1310. The van der Waals surface area contributed by atoms with Crippen LogP contribution in [0.2, 0.25) is 0 Å². The SMILES string of the molecule is CC(C)c1nnc(-c2cnn3ccc(N4CC[C@H]5C[C@]54c4cc(F)ccc4F)nc23)s1. The summed E-state index contributed by atoms with van der Waals surface area (Å²) < 4.78 is 30.4. The van der Waals surface area contributed by atoms with E-state index in [0.29, 0.717) is 23.0 Å². The summed E-state index contributed by atoms with van der Waals surface area (Å²) in [7, 11) is 0. The van der Waals surface area contributed by atoms with E-state index >= 15 is 0 Å². The molecule has 31 heavy (non-hydrogen) atoms. The first-order valence-corrected chi connectivity index (χ1v) is 11.2. The summed E-state index contributed by atoms with van der Waals surface area (Å²) in [6, 6.07) is 5.62. The average molecular weight is 439 g/mol. The number of halogens is 2. The molecule has 3 aromatic heterocycles. The molecule has 158 valence electrons. The Morgan fingerprint density at radius 3 is 2.84 bits per heavy atom. The van der Waals surface area contributed by atoms with Gasteiger partial charge in [-0.3, -0.25) is 0 Å². The molecule has 0 spiro atoms. The molecule has 6 nitrogen and oxygen atoms in total. The van der Waals surface area contributed by atoms with E-state index in [4.69, 9.17) is 4.98 Å². The maximum atomic E-state index is 14.7. The molecule has 2 fully saturated rings. The van der Waals surface area contributed by atoms with Gasteiger partial charge in [0.25, 0.3) is 0 Å². The van der Waals surface area contributed by atoms with E-state index in [1.165, 1.54) is 29.5 Å². The van der Waals surface area contributed by atoms with Crippen LogP contribution in [0.25, 0.3) is 16.2 Å². The number of nitrogens with zero attached hydrogens (tertiary/aromatic N) is 6. The molecule has 0 unspecified atom stereocenters. The van der Waals surface area contributed by atoms with E-state index in [1.807, 2.05) is 12.3 Å². The van der Waals surface area contributed by atoms with Crippen LogP contribution in [0.5, 0.6) is 0 Å². The fourth-order valence-electron chi connectivity index (χ4n) is 4.83. The second-order valence-electron chi connectivity index (χ2n) is 8.60. The fourth-order valence-corrected chi connectivity index (χ4v) is 5.68. The minimum atomic E-state index is -0.523. The van der Waals surface area contributed by atoms with Gasteiger partial charge < -0.3 is 4.90 Å². The molecule has 1 saturated heterocycles. The molecule has 0 radical (unpaired) electrons. The topological polar surface area (TPSA) is 59.2 Å². The molecule has 1 saturated carbocycles. The van der Waals surface area contributed by atoms with Crippen LogP contribution in [0.3, 0.4) is 0 Å². The molecule has 6 rings (SSSR count). The van der Waals surface area contributed by atoms with E-state index in [0.717, 1.165) is 40.8 Å². The van der Waals surface area contributed by atoms with Crippen LogP contribution in [0.15, 0.2) is 36.7 Å². The van der Waals surface area contributed by atoms with Crippen molar-refractivity contribution in [3.63, 3.8) is 0 Å². The largest absolute Gasteiger partial charge is 0.346 e. The van der Waals surface area contributed by atoms with E-state index in [1.54, 1.807) is 10.7 Å². The zero-order valence-corrected chi connectivity index (χ0v) is 17.9. The lowest BCUT2D eigenvalue weighted by atomic mass is 10.0. The highest BCUT2D eigenvalue weighted by molar-refractivity contribution is 7.14. The molecule has 0 N–H and O–H groups in total. The van der Waals surface area contributed by atoms with Gasteiger partial charge >= 0.3 is 0 Å². The minimum Gasteiger partial charge on any atom is -0.346 e. The highest BCUT2D eigenvalue weighted by atomic mass is 32.1. The van der Waals surface area contributed by atoms with Crippen LogP contribution < -0.4 is 4.90 Å². The number of aromatic nitrogens is 5. The number of rotatable bonds is 4. The minimum absolute atomic E-state index is 0.300. The van der Waals surface area contributed by atoms with Crippen LogP contribution in [0, 0.1) is 17.6 Å². The van der Waals surface area contributed by atoms with Crippen molar-refractivity contribution in [1.29, 1.82) is 0 Å². The second kappa shape index (κ2) is 6.53. The number of benzene rings is 1. The quantitative estimate of drug-likeness (QED) is 0.459. The van der Waals surface area contributed by atoms with Crippen LogP contribution in [-0.4, -0.2) is 31.3 Å². The third-order valence-electron chi connectivity index (χ3n) is 6.45. The third-order valence-corrected chi connectivity index (χ3v) is 7.70. The van der Waals surface area contributed by atoms with Gasteiger partial charge in [0.1, 0.15) is 22.5 Å². The Kier molecular flexibility index (Phi) is 3.96. The Balaban J connectivity index is 1.44. The average Bonchev–Trinajstić information content (AvgIpc) is 3.13. The van der Waals surface area contributed by atoms with Gasteiger partial charge in [-0.05, 0) is 43.0 Å². The Hall–Kier alpha value is -2.94. The van der Waals surface area contributed by atoms with Crippen LogP contribution >= 0.6 is 11.3 Å². The fraction of sp³-hybridized carbons (Fsp3) is 0.364. The molecular weight excluding hydrogens is 418 g/mol. The van der Waals surface area contributed by atoms with Crippen LogP contribution in [0.4, 0.5) is 14.6 Å². The van der Waals surface area contributed by atoms with Gasteiger partial charge in [-0.2, -0.15) is 5.10 Å². The van der Waals surface area contributed by atoms with Crippen molar-refractivity contribution in [2.24, 2.45) is 5.92 Å². The predicted octanol–water partition coefficient (Wildman–Crippen LogP) is 4.77. The zero-order chi connectivity index (χ0) is 21.3. The number of hydrogen-bond acceptors (Lipinski definition) is 6. The summed E-state index contributed by atoms with van der Waals surface area (Å²) in [4.78, 5) is 7.03. The van der Waals surface area contributed by atoms with Gasteiger partial charge in [0, 0.05) is 24.2 Å². The lowest BCUT2D eigenvalue weighted by Gasteiger charge is -2.30. The lowest BCUT2D eigenvalue weighted by Crippen LogP contribution is -2.34. The summed E-state index contributed by atoms with van der Waals surface area (Å²) in [5.41, 5.74) is 1.41. The normalized spacial score (nSPS) is 22.5. The predicted molar refractivity (Wildman–Crippen MR) is 114 cm³/mol. The Morgan fingerprint density at radius 1 is 1.19 bits per heavy atom. The molecule has 1 aliphatic heterocycles. The zero-order valence-electron chi connectivity index (χ0n) is 17.1. The van der Waals surface area contributed by atoms with Crippen LogP contribution in [0.1, 0.15) is 43.2 Å². The van der Waals surface area contributed by atoms with Crippen molar-refractivity contribution in [3.05, 3.63) is 58.9 Å². The number of piperidine rings is 1. The number of fused-ring (bicyclic) bond motifs is 2. The Morgan fingerprint density at radius 2 is 2.06 bits per heavy atom. The maximum Gasteiger partial charge on any atom is 0.167 e. The molecule has 1 aliphatic carbocycles. The molecule has 2 atom stereocenters. The summed E-state index contributed by atoms with van der Waals surface area (Å²) in [5.74, 6) is 0.572. The van der Waals surface area contributed by atoms with E-state index in [9.17, 15) is 8.78 Å². The van der Waals surface area contributed by atoms with Gasteiger partial charge in [-0.15, -0.1) is 10.2 Å². The monoisotopic (exact) mass is 438 g/mol. The van der Waals surface area contributed by atoms with Crippen molar-refractivity contribution in [3.8, 4) is 10.6 Å². The standard InChI is InChI=1S/C22H20F2N6S/c1-12(2)20-27-28-21(31-20)15-11-25-30-8-6-18(26-19(15)30)29-7-5-13-10-22(13,29)16-9-14(23)3-4-17(16)24/h3-4,6,8-9,11-13H,5,7,10H2,1-2H3/t13-,22+/m0/s1. The first kappa shape index (κ1) is 18.8. The van der Waals surface area contributed by atoms with Gasteiger partial charge in [0.15, 0.2) is 10.7 Å². The molecule has 0 bridgehead atoms. The highest BCUT2D eigenvalue weighted by Gasteiger charge is 2.64. The maximum absolute atomic E-state index is 14.7. The van der Waals surface area contributed by atoms with Crippen molar-refractivity contribution < 1.29 is 8.78 Å². The van der Waals surface area contributed by atoms with Crippen molar-refractivity contribution in [1.82, 2.24) is 24.8 Å². The summed E-state index contributed by atoms with van der Waals surface area (Å²) >= 11 is 1.54. The third kappa shape index (κ3) is 2.72. The summed E-state index contributed by atoms with van der Waals surface area (Å²) in [5, 5.41) is 14.8. The first-order valence-electron chi connectivity index (χ1n) is 10.4. The summed E-state index contributed by atoms with van der Waals surface area (Å²) in [6.07, 6.45) is 5.35. The molecule has 2 aliphatic rings. The van der Waals surface area contributed by atoms with Crippen molar-refractivity contribution in [2.75, 3.05) is 11.4 Å². The molecule has 0 amide bonds. The van der Waals surface area contributed by atoms with Gasteiger partial charge in [0.2, 0.25) is 0 Å². The van der Waals surface area contributed by atoms with Gasteiger partial charge in [-0.25, -0.2) is 18.3 Å².